The van der Waals surface area contributed by atoms with Gasteiger partial charge in [-0.1, -0.05) is 0 Å². The zero-order valence-corrected chi connectivity index (χ0v) is 8.50. The topological polar surface area (TPSA) is 69.4 Å². The molecule has 1 saturated heterocycles. The molecule has 0 bridgehead atoms. The van der Waals surface area contributed by atoms with E-state index in [1.54, 1.807) is 23.0 Å². The van der Waals surface area contributed by atoms with Crippen molar-refractivity contribution < 1.29 is 9.47 Å². The lowest BCUT2D eigenvalue weighted by Crippen LogP contribution is -2.42. The normalized spacial score (nSPS) is 24.8. The third kappa shape index (κ3) is 2.10. The molecule has 0 aromatic carbocycles. The van der Waals surface area contributed by atoms with Crippen molar-refractivity contribution in [2.24, 2.45) is 5.84 Å². The van der Waals surface area contributed by atoms with E-state index < -0.39 is 0 Å². The van der Waals surface area contributed by atoms with E-state index >= 15 is 0 Å². The Morgan fingerprint density at radius 1 is 1.64 bits per heavy atom. The first-order valence-electron chi connectivity index (χ1n) is 4.45. The first kappa shape index (κ1) is 10.0. The lowest BCUT2D eigenvalue weighted by atomic mass is 10.1. The van der Waals surface area contributed by atoms with Crippen LogP contribution >= 0.6 is 11.3 Å². The maximum Gasteiger partial charge on any atom is 0.102 e. The van der Waals surface area contributed by atoms with Gasteiger partial charge in [-0.25, -0.2) is 5.43 Å². The summed E-state index contributed by atoms with van der Waals surface area (Å²) < 4.78 is 10.9. The number of nitrogens with one attached hydrogen (secondary N) is 1. The number of hydrogen-bond donors (Lipinski definition) is 2. The van der Waals surface area contributed by atoms with E-state index in [1.807, 2.05) is 0 Å². The Morgan fingerprint density at radius 3 is 3.14 bits per heavy atom. The third-order valence-corrected chi connectivity index (χ3v) is 3.01. The summed E-state index contributed by atoms with van der Waals surface area (Å²) in [6, 6.07) is -0.0252. The van der Waals surface area contributed by atoms with E-state index in [-0.39, 0.29) is 12.1 Å². The summed E-state index contributed by atoms with van der Waals surface area (Å²) in [6.07, 6.45) is 1.78. The predicted molar refractivity (Wildman–Crippen MR) is 52.7 cm³/mol. The highest BCUT2D eigenvalue weighted by Crippen LogP contribution is 2.23. The van der Waals surface area contributed by atoms with Gasteiger partial charge in [0.25, 0.3) is 0 Å². The number of rotatable bonds is 3. The molecule has 3 N–H and O–H groups in total. The number of hydrogen-bond acceptors (Lipinski definition) is 6. The summed E-state index contributed by atoms with van der Waals surface area (Å²) in [6.45, 7) is 1.87. The molecule has 1 aliphatic heterocycles. The fourth-order valence-electron chi connectivity index (χ4n) is 1.45. The highest BCUT2D eigenvalue weighted by Gasteiger charge is 2.26. The molecule has 1 aromatic rings. The molecule has 0 amide bonds. The summed E-state index contributed by atoms with van der Waals surface area (Å²) in [5, 5.41) is 0. The smallest absolute Gasteiger partial charge is 0.102 e. The highest BCUT2D eigenvalue weighted by atomic mass is 32.1. The van der Waals surface area contributed by atoms with Gasteiger partial charge in [-0.3, -0.25) is 10.8 Å². The van der Waals surface area contributed by atoms with E-state index in [9.17, 15) is 0 Å². The number of thiazole rings is 1. The fourth-order valence-corrected chi connectivity index (χ4v) is 2.18. The average Bonchev–Trinajstić information content (AvgIpc) is 2.74. The summed E-state index contributed by atoms with van der Waals surface area (Å²) in [5.74, 6) is 5.49. The second kappa shape index (κ2) is 4.81. The van der Waals surface area contributed by atoms with Crippen LogP contribution in [0.15, 0.2) is 11.7 Å². The molecule has 0 aliphatic carbocycles. The molecule has 2 unspecified atom stereocenters. The van der Waals surface area contributed by atoms with Gasteiger partial charge in [0.1, 0.15) is 6.10 Å². The number of aromatic nitrogens is 1. The van der Waals surface area contributed by atoms with Crippen LogP contribution in [0, 0.1) is 0 Å². The van der Waals surface area contributed by atoms with Crippen LogP contribution in [0.3, 0.4) is 0 Å². The lowest BCUT2D eigenvalue weighted by molar-refractivity contribution is -0.102. The van der Waals surface area contributed by atoms with Crippen LogP contribution in [0.25, 0.3) is 0 Å². The molecule has 0 radical (unpaired) electrons. The molecule has 78 valence electrons. The fraction of sp³-hybridized carbons (Fsp3) is 0.625. The number of ether oxygens (including phenoxy) is 2. The molecule has 6 heteroatoms. The Balaban J connectivity index is 2.04. The molecule has 1 fully saturated rings. The van der Waals surface area contributed by atoms with E-state index in [0.29, 0.717) is 19.8 Å². The summed E-state index contributed by atoms with van der Waals surface area (Å²) >= 11 is 1.56. The van der Waals surface area contributed by atoms with Crippen LogP contribution < -0.4 is 11.3 Å². The Labute approximate surface area is 86.2 Å². The van der Waals surface area contributed by atoms with Gasteiger partial charge < -0.3 is 9.47 Å². The molecular weight excluding hydrogens is 202 g/mol. The van der Waals surface area contributed by atoms with Gasteiger partial charge in [0, 0.05) is 11.1 Å². The molecule has 2 rings (SSSR count). The maximum atomic E-state index is 5.57. The maximum absolute atomic E-state index is 5.57. The zero-order chi connectivity index (χ0) is 9.80. The first-order chi connectivity index (χ1) is 6.92. The van der Waals surface area contributed by atoms with Crippen molar-refractivity contribution >= 4 is 11.3 Å². The predicted octanol–water partition coefficient (Wildman–Crippen LogP) is 0.0629. The van der Waals surface area contributed by atoms with Crippen LogP contribution in [-0.2, 0) is 9.47 Å². The molecule has 0 saturated carbocycles. The van der Waals surface area contributed by atoms with Crippen molar-refractivity contribution in [3.05, 3.63) is 16.6 Å². The van der Waals surface area contributed by atoms with Gasteiger partial charge in [0.15, 0.2) is 0 Å². The van der Waals surface area contributed by atoms with Crippen molar-refractivity contribution in [3.8, 4) is 0 Å². The monoisotopic (exact) mass is 215 g/mol. The van der Waals surface area contributed by atoms with Crippen molar-refractivity contribution in [1.82, 2.24) is 10.4 Å². The second-order valence-electron chi connectivity index (χ2n) is 3.03. The highest BCUT2D eigenvalue weighted by molar-refractivity contribution is 7.09. The van der Waals surface area contributed by atoms with Gasteiger partial charge in [0.05, 0.1) is 31.4 Å². The van der Waals surface area contributed by atoms with Crippen molar-refractivity contribution in [1.29, 1.82) is 0 Å². The van der Waals surface area contributed by atoms with Crippen LogP contribution in [-0.4, -0.2) is 30.9 Å². The quantitative estimate of drug-likeness (QED) is 0.551. The molecule has 14 heavy (non-hydrogen) atoms. The standard InChI is InChI=1S/C8H13N3O2S/c9-11-8(7-3-10-5-14-7)6-4-12-1-2-13-6/h3,5-6,8,11H,1-2,4,9H2. The average molecular weight is 215 g/mol. The van der Waals surface area contributed by atoms with E-state index in [2.05, 4.69) is 10.4 Å². The number of nitrogens with two attached hydrogens (primary N) is 1. The SMILES string of the molecule is NNC(c1cncs1)C1COCCO1. The minimum atomic E-state index is -0.0252. The van der Waals surface area contributed by atoms with Crippen LogP contribution in [0.1, 0.15) is 10.9 Å². The van der Waals surface area contributed by atoms with E-state index in [1.165, 1.54) is 0 Å². The Kier molecular flexibility index (Phi) is 3.44. The lowest BCUT2D eigenvalue weighted by Gasteiger charge is -2.29. The van der Waals surface area contributed by atoms with Gasteiger partial charge in [-0.15, -0.1) is 11.3 Å². The Hall–Kier alpha value is -0.530. The summed E-state index contributed by atoms with van der Waals surface area (Å²) in [7, 11) is 0. The van der Waals surface area contributed by atoms with Crippen LogP contribution in [0.5, 0.6) is 0 Å². The molecule has 1 aliphatic rings. The Bertz CT molecular complexity index is 262. The summed E-state index contributed by atoms with van der Waals surface area (Å²) in [5.41, 5.74) is 4.52. The minimum Gasteiger partial charge on any atom is -0.376 e. The molecule has 2 atom stereocenters. The molecule has 5 nitrogen and oxygen atoms in total. The number of nitrogens with zero attached hydrogens (tertiary/aromatic N) is 1. The van der Waals surface area contributed by atoms with Crippen molar-refractivity contribution in [2.75, 3.05) is 19.8 Å². The molecule has 1 aromatic heterocycles. The van der Waals surface area contributed by atoms with Crippen LogP contribution in [0.4, 0.5) is 0 Å². The van der Waals surface area contributed by atoms with Crippen LogP contribution in [0.2, 0.25) is 0 Å². The largest absolute Gasteiger partial charge is 0.376 e. The first-order valence-corrected chi connectivity index (χ1v) is 5.33. The second-order valence-corrected chi connectivity index (χ2v) is 3.95. The van der Waals surface area contributed by atoms with Crippen molar-refractivity contribution in [3.63, 3.8) is 0 Å². The summed E-state index contributed by atoms with van der Waals surface area (Å²) in [4.78, 5) is 5.08. The van der Waals surface area contributed by atoms with Gasteiger partial charge in [-0.05, 0) is 0 Å². The van der Waals surface area contributed by atoms with Gasteiger partial charge >= 0.3 is 0 Å². The molecule has 0 spiro atoms. The van der Waals surface area contributed by atoms with Gasteiger partial charge in [-0.2, -0.15) is 0 Å². The third-order valence-electron chi connectivity index (χ3n) is 2.15. The van der Waals surface area contributed by atoms with Gasteiger partial charge in [0.2, 0.25) is 0 Å². The molecule has 2 heterocycles. The number of hydrazine groups is 1. The molecular formula is C8H13N3O2S. The van der Waals surface area contributed by atoms with E-state index in [0.717, 1.165) is 4.88 Å². The minimum absolute atomic E-state index is 0.0193. The van der Waals surface area contributed by atoms with E-state index in [4.69, 9.17) is 15.3 Å². The zero-order valence-electron chi connectivity index (χ0n) is 7.68. The van der Waals surface area contributed by atoms with Crippen molar-refractivity contribution in [2.45, 2.75) is 12.1 Å². The Morgan fingerprint density at radius 2 is 2.57 bits per heavy atom.